The van der Waals surface area contributed by atoms with Gasteiger partial charge in [0.15, 0.2) is 0 Å². The van der Waals surface area contributed by atoms with Crippen molar-refractivity contribution in [2.24, 2.45) is 0 Å². The summed E-state index contributed by atoms with van der Waals surface area (Å²) in [6.07, 6.45) is -4.93. The van der Waals surface area contributed by atoms with Crippen LogP contribution in [0, 0.1) is 12.7 Å². The lowest BCUT2D eigenvalue weighted by Crippen LogP contribution is -2.16. The van der Waals surface area contributed by atoms with E-state index in [4.69, 9.17) is 9.84 Å². The molecule has 1 aromatic heterocycles. The van der Waals surface area contributed by atoms with E-state index in [0.29, 0.717) is 11.6 Å². The molecule has 0 aliphatic heterocycles. The maximum atomic E-state index is 13.7. The number of rotatable bonds is 4. The predicted octanol–water partition coefficient (Wildman–Crippen LogP) is 4.31. The zero-order valence-electron chi connectivity index (χ0n) is 12.7. The Morgan fingerprint density at radius 3 is 2.46 bits per heavy atom. The maximum absolute atomic E-state index is 13.7. The summed E-state index contributed by atoms with van der Waals surface area (Å²) >= 11 is 0. The van der Waals surface area contributed by atoms with Crippen molar-refractivity contribution in [1.29, 1.82) is 0 Å². The second-order valence-corrected chi connectivity index (χ2v) is 4.94. The summed E-state index contributed by atoms with van der Waals surface area (Å²) in [7, 11) is 0. The monoisotopic (exact) mass is 343 g/mol. The first-order valence-electron chi connectivity index (χ1n) is 6.90. The van der Waals surface area contributed by atoms with E-state index >= 15 is 0 Å². The van der Waals surface area contributed by atoms with E-state index in [9.17, 15) is 22.4 Å². The van der Waals surface area contributed by atoms with Crippen LogP contribution < -0.4 is 4.74 Å². The van der Waals surface area contributed by atoms with Gasteiger partial charge in [-0.05, 0) is 31.5 Å². The van der Waals surface area contributed by atoms with Crippen LogP contribution in [0.25, 0.3) is 11.3 Å². The van der Waals surface area contributed by atoms with Gasteiger partial charge in [-0.1, -0.05) is 12.1 Å². The number of carboxylic acids is 1. The van der Waals surface area contributed by atoms with Crippen molar-refractivity contribution in [3.8, 4) is 17.1 Å². The molecule has 0 saturated carbocycles. The molecule has 0 bridgehead atoms. The van der Waals surface area contributed by atoms with Crippen molar-refractivity contribution in [2.75, 3.05) is 6.61 Å². The molecule has 0 unspecified atom stereocenters. The summed E-state index contributed by atoms with van der Waals surface area (Å²) in [5, 5.41) is 9.10. The topological polar surface area (TPSA) is 59.4 Å². The van der Waals surface area contributed by atoms with Gasteiger partial charge in [-0.25, -0.2) is 14.2 Å². The van der Waals surface area contributed by atoms with Gasteiger partial charge in [0.05, 0.1) is 17.9 Å². The lowest BCUT2D eigenvalue weighted by molar-refractivity contribution is -0.138. The van der Waals surface area contributed by atoms with Crippen molar-refractivity contribution in [2.45, 2.75) is 20.0 Å². The lowest BCUT2D eigenvalue weighted by Gasteiger charge is -2.16. The molecule has 4 nitrogen and oxygen atoms in total. The minimum atomic E-state index is -4.93. The number of benzene rings is 1. The standard InChI is InChI=1S/C16H13F4NO3/c1-3-24-14-13(15(22)23)10(16(18,19)20)7-12(21-14)9-5-4-8(2)11(17)6-9/h4-7H,3H2,1-2H3,(H,22,23). The first-order valence-corrected chi connectivity index (χ1v) is 6.90. The van der Waals surface area contributed by atoms with Crippen LogP contribution in [0.1, 0.15) is 28.4 Å². The van der Waals surface area contributed by atoms with E-state index in [1.165, 1.54) is 26.0 Å². The fourth-order valence-electron chi connectivity index (χ4n) is 2.09. The first-order chi connectivity index (χ1) is 11.1. The van der Waals surface area contributed by atoms with Gasteiger partial charge in [0.25, 0.3) is 0 Å². The van der Waals surface area contributed by atoms with E-state index in [-0.39, 0.29) is 17.9 Å². The van der Waals surface area contributed by atoms with Crippen LogP contribution in [0.5, 0.6) is 5.88 Å². The van der Waals surface area contributed by atoms with Gasteiger partial charge in [0.1, 0.15) is 11.4 Å². The predicted molar refractivity (Wildman–Crippen MR) is 77.5 cm³/mol. The van der Waals surface area contributed by atoms with Crippen molar-refractivity contribution in [1.82, 2.24) is 4.98 Å². The number of pyridine rings is 1. The maximum Gasteiger partial charge on any atom is 0.417 e. The van der Waals surface area contributed by atoms with Gasteiger partial charge in [-0.2, -0.15) is 13.2 Å². The molecule has 0 spiro atoms. The van der Waals surface area contributed by atoms with Gasteiger partial charge in [0.2, 0.25) is 5.88 Å². The van der Waals surface area contributed by atoms with E-state index in [0.717, 1.165) is 6.07 Å². The lowest BCUT2D eigenvalue weighted by atomic mass is 10.0. The van der Waals surface area contributed by atoms with E-state index in [2.05, 4.69) is 4.98 Å². The van der Waals surface area contributed by atoms with E-state index in [1.807, 2.05) is 0 Å². The van der Waals surface area contributed by atoms with Gasteiger partial charge in [0, 0.05) is 5.56 Å². The highest BCUT2D eigenvalue weighted by Crippen LogP contribution is 2.38. The van der Waals surface area contributed by atoms with Gasteiger partial charge < -0.3 is 9.84 Å². The molecule has 8 heteroatoms. The minimum Gasteiger partial charge on any atom is -0.477 e. The van der Waals surface area contributed by atoms with Crippen LogP contribution in [0.15, 0.2) is 24.3 Å². The van der Waals surface area contributed by atoms with Crippen LogP contribution in [0.3, 0.4) is 0 Å². The number of halogens is 4. The number of carboxylic acid groups (broad SMARTS) is 1. The molecule has 1 heterocycles. The van der Waals surface area contributed by atoms with Crippen molar-refractivity contribution in [3.05, 3.63) is 46.8 Å². The average molecular weight is 343 g/mol. The summed E-state index contributed by atoms with van der Waals surface area (Å²) in [4.78, 5) is 15.1. The third-order valence-electron chi connectivity index (χ3n) is 3.25. The first kappa shape index (κ1) is 17.7. The molecular formula is C16H13F4NO3. The van der Waals surface area contributed by atoms with Gasteiger partial charge in [-0.3, -0.25) is 0 Å². The van der Waals surface area contributed by atoms with Crippen molar-refractivity contribution >= 4 is 5.97 Å². The second-order valence-electron chi connectivity index (χ2n) is 4.94. The number of aryl methyl sites for hydroxylation is 1. The molecule has 0 aliphatic rings. The molecule has 2 rings (SSSR count). The van der Waals surface area contributed by atoms with Crippen LogP contribution >= 0.6 is 0 Å². The number of hydrogen-bond donors (Lipinski definition) is 1. The molecule has 1 N–H and O–H groups in total. The minimum absolute atomic E-state index is 0.0731. The second kappa shape index (κ2) is 6.46. The van der Waals surface area contributed by atoms with Crippen LogP contribution in [0.2, 0.25) is 0 Å². The molecule has 0 amide bonds. The highest BCUT2D eigenvalue weighted by molar-refractivity contribution is 5.93. The number of alkyl halides is 3. The molecule has 1 aromatic carbocycles. The highest BCUT2D eigenvalue weighted by Gasteiger charge is 2.38. The SMILES string of the molecule is CCOc1nc(-c2ccc(C)c(F)c2)cc(C(F)(F)F)c1C(=O)O. The van der Waals surface area contributed by atoms with Crippen molar-refractivity contribution in [3.63, 3.8) is 0 Å². The fraction of sp³-hybridized carbons (Fsp3) is 0.250. The Balaban J connectivity index is 2.76. The van der Waals surface area contributed by atoms with Crippen molar-refractivity contribution < 1.29 is 32.2 Å². The van der Waals surface area contributed by atoms with Crippen LogP contribution in [-0.2, 0) is 6.18 Å². The third kappa shape index (κ3) is 3.47. The van der Waals surface area contributed by atoms with Crippen LogP contribution in [-0.4, -0.2) is 22.7 Å². The zero-order valence-corrected chi connectivity index (χ0v) is 12.7. The quantitative estimate of drug-likeness (QED) is 0.841. The molecule has 0 atom stereocenters. The Labute approximate surface area is 134 Å². The number of ether oxygens (including phenoxy) is 1. The number of aromatic carboxylic acids is 1. The molecule has 128 valence electrons. The Kier molecular flexibility index (Phi) is 4.77. The Morgan fingerprint density at radius 1 is 1.29 bits per heavy atom. The summed E-state index contributed by atoms with van der Waals surface area (Å²) in [6.45, 7) is 2.92. The molecule has 2 aromatic rings. The molecule has 24 heavy (non-hydrogen) atoms. The molecular weight excluding hydrogens is 330 g/mol. The molecule has 0 fully saturated rings. The fourth-order valence-corrected chi connectivity index (χ4v) is 2.09. The normalized spacial score (nSPS) is 11.4. The number of aromatic nitrogens is 1. The number of carbonyl (C=O) groups is 1. The summed E-state index contributed by atoms with van der Waals surface area (Å²) in [5.74, 6) is -3.07. The van der Waals surface area contributed by atoms with Gasteiger partial charge >= 0.3 is 12.1 Å². The van der Waals surface area contributed by atoms with Gasteiger partial charge in [-0.15, -0.1) is 0 Å². The number of hydrogen-bond acceptors (Lipinski definition) is 3. The Hall–Kier alpha value is -2.64. The smallest absolute Gasteiger partial charge is 0.417 e. The zero-order chi connectivity index (χ0) is 18.1. The Morgan fingerprint density at radius 2 is 1.96 bits per heavy atom. The largest absolute Gasteiger partial charge is 0.477 e. The van der Waals surface area contributed by atoms with E-state index in [1.54, 1.807) is 0 Å². The summed E-state index contributed by atoms with van der Waals surface area (Å²) < 4.78 is 58.4. The average Bonchev–Trinajstić information content (AvgIpc) is 2.48. The molecule has 0 aliphatic carbocycles. The highest BCUT2D eigenvalue weighted by atomic mass is 19.4. The van der Waals surface area contributed by atoms with E-state index < -0.39 is 35.0 Å². The Bertz CT molecular complexity index is 788. The van der Waals surface area contributed by atoms with Crippen LogP contribution in [0.4, 0.5) is 17.6 Å². The molecule has 0 saturated heterocycles. The molecule has 0 radical (unpaired) electrons. The summed E-state index contributed by atoms with van der Waals surface area (Å²) in [6, 6.07) is 4.41. The third-order valence-corrected chi connectivity index (χ3v) is 3.25. The number of nitrogens with zero attached hydrogens (tertiary/aromatic N) is 1. The summed E-state index contributed by atoms with van der Waals surface area (Å²) in [5.41, 5.74) is -2.29.